The minimum atomic E-state index is -0.258. The van der Waals surface area contributed by atoms with E-state index in [1.165, 1.54) is 36.5 Å². The van der Waals surface area contributed by atoms with Crippen LogP contribution in [0.2, 0.25) is 0 Å². The fourth-order valence-corrected chi connectivity index (χ4v) is 9.76. The maximum Gasteiger partial charge on any atom is 0.159 e. The fourth-order valence-electron chi connectivity index (χ4n) is 8.64. The molecule has 1 atom stereocenters. The number of para-hydroxylation sites is 3. The van der Waals surface area contributed by atoms with Crippen molar-refractivity contribution in [1.29, 1.82) is 0 Å². The normalized spacial score (nSPS) is 14.5. The Morgan fingerprint density at radius 2 is 1.21 bits per heavy atom. The summed E-state index contributed by atoms with van der Waals surface area (Å²) in [5.41, 5.74) is 10.6. The summed E-state index contributed by atoms with van der Waals surface area (Å²) in [6.45, 7) is 0. The largest absolute Gasteiger partial charge is 0.454 e. The fraction of sp³-hybridized carbons (Fsp3) is 0.0196. The average Bonchev–Trinajstić information content (AvgIpc) is 3.96. The molecule has 6 heteroatoms. The van der Waals surface area contributed by atoms with Gasteiger partial charge in [-0.05, 0) is 71.3 Å². The van der Waals surface area contributed by atoms with Gasteiger partial charge in [-0.2, -0.15) is 0 Å². The number of aromatic nitrogens is 1. The molecule has 4 heterocycles. The van der Waals surface area contributed by atoms with Crippen molar-refractivity contribution < 1.29 is 4.42 Å². The Kier molecular flexibility index (Phi) is 7.09. The molecule has 1 unspecified atom stereocenters. The van der Waals surface area contributed by atoms with Gasteiger partial charge in [0.05, 0.1) is 16.7 Å². The van der Waals surface area contributed by atoms with Gasteiger partial charge < -0.3 is 14.3 Å². The summed E-state index contributed by atoms with van der Waals surface area (Å²) in [5, 5.41) is 10.7. The second-order valence-corrected chi connectivity index (χ2v) is 15.6. The van der Waals surface area contributed by atoms with Gasteiger partial charge in [0.25, 0.3) is 0 Å². The van der Waals surface area contributed by atoms with Gasteiger partial charge in [-0.15, -0.1) is 11.3 Å². The average molecular weight is 749 g/mol. The Balaban J connectivity index is 1.01. The van der Waals surface area contributed by atoms with E-state index in [0.29, 0.717) is 5.84 Å². The van der Waals surface area contributed by atoms with Crippen LogP contribution in [0.5, 0.6) is 0 Å². The highest BCUT2D eigenvalue weighted by molar-refractivity contribution is 7.26. The zero-order valence-corrected chi connectivity index (χ0v) is 31.4. The van der Waals surface area contributed by atoms with E-state index in [1.54, 1.807) is 0 Å². The molecule has 3 aromatic heterocycles. The van der Waals surface area contributed by atoms with Crippen molar-refractivity contribution in [3.63, 3.8) is 0 Å². The molecule has 0 amide bonds. The third kappa shape index (κ3) is 5.08. The van der Waals surface area contributed by atoms with Crippen molar-refractivity contribution in [3.05, 3.63) is 199 Å². The van der Waals surface area contributed by atoms with Crippen molar-refractivity contribution >= 4 is 86.9 Å². The first-order valence-corrected chi connectivity index (χ1v) is 20.0. The first kappa shape index (κ1) is 32.0. The molecule has 5 nitrogen and oxygen atoms in total. The van der Waals surface area contributed by atoms with E-state index < -0.39 is 0 Å². The van der Waals surface area contributed by atoms with Crippen molar-refractivity contribution in [2.45, 2.75) is 6.17 Å². The van der Waals surface area contributed by atoms with Gasteiger partial charge in [-0.1, -0.05) is 127 Å². The quantitative estimate of drug-likeness (QED) is 0.191. The van der Waals surface area contributed by atoms with Crippen molar-refractivity contribution in [3.8, 4) is 16.8 Å². The maximum absolute atomic E-state index is 6.75. The highest BCUT2D eigenvalue weighted by Gasteiger charge is 2.23. The molecule has 0 saturated carbocycles. The lowest BCUT2D eigenvalue weighted by Gasteiger charge is -2.23. The summed E-state index contributed by atoms with van der Waals surface area (Å²) >= 11 is 1.82. The summed E-state index contributed by atoms with van der Waals surface area (Å²) in [4.78, 5) is 10.3. The SMILES string of the molecule is c1ccc(C2=NC(c3ccc4sc5cccc(-c6ccc7oc8c(-n9c%10ccccc%10c%10ccccc%109)cccc8c7c6)c5c4c3)=NC(c3ccccc3)N2)cc1. The molecule has 1 aliphatic heterocycles. The molecule has 0 radical (unpaired) electrons. The summed E-state index contributed by atoms with van der Waals surface area (Å²) in [6.07, 6.45) is -0.258. The number of amidine groups is 2. The van der Waals surface area contributed by atoms with Crippen LogP contribution in [-0.4, -0.2) is 16.2 Å². The molecule has 1 aliphatic rings. The molecule has 57 heavy (non-hydrogen) atoms. The molecule has 268 valence electrons. The molecule has 0 fully saturated rings. The summed E-state index contributed by atoms with van der Waals surface area (Å²) < 4.78 is 11.6. The second-order valence-electron chi connectivity index (χ2n) is 14.6. The molecule has 0 spiro atoms. The molecule has 0 aliphatic carbocycles. The minimum absolute atomic E-state index is 0.258. The Hall–Kier alpha value is -7.28. The van der Waals surface area contributed by atoms with Crippen LogP contribution in [0.3, 0.4) is 0 Å². The van der Waals surface area contributed by atoms with Crippen molar-refractivity contribution in [2.24, 2.45) is 9.98 Å². The predicted molar refractivity (Wildman–Crippen MR) is 238 cm³/mol. The number of hydrogen-bond donors (Lipinski definition) is 1. The first-order valence-electron chi connectivity index (χ1n) is 19.2. The lowest BCUT2D eigenvalue weighted by atomic mass is 9.97. The van der Waals surface area contributed by atoms with Gasteiger partial charge in [-0.3, -0.25) is 0 Å². The van der Waals surface area contributed by atoms with Gasteiger partial charge in [0.15, 0.2) is 11.4 Å². The number of furan rings is 1. The van der Waals surface area contributed by atoms with Crippen LogP contribution in [-0.2, 0) is 0 Å². The van der Waals surface area contributed by atoms with Crippen molar-refractivity contribution in [2.75, 3.05) is 0 Å². The Morgan fingerprint density at radius 1 is 0.526 bits per heavy atom. The Morgan fingerprint density at radius 3 is 2.02 bits per heavy atom. The molecular weight excluding hydrogens is 717 g/mol. The van der Waals surface area contributed by atoms with Gasteiger partial charge >= 0.3 is 0 Å². The number of aliphatic imine (C=N–C) groups is 2. The monoisotopic (exact) mass is 748 g/mol. The number of nitrogens with one attached hydrogen (secondary N) is 1. The number of fused-ring (bicyclic) bond motifs is 9. The lowest BCUT2D eigenvalue weighted by molar-refractivity contribution is 0.666. The van der Waals surface area contributed by atoms with Crippen LogP contribution < -0.4 is 5.32 Å². The van der Waals surface area contributed by atoms with Crippen LogP contribution in [0.15, 0.2) is 196 Å². The second kappa shape index (κ2) is 12.6. The molecule has 8 aromatic carbocycles. The van der Waals surface area contributed by atoms with Crippen LogP contribution in [0.1, 0.15) is 22.9 Å². The third-order valence-electron chi connectivity index (χ3n) is 11.3. The van der Waals surface area contributed by atoms with Gasteiger partial charge in [-0.25, -0.2) is 9.98 Å². The first-order chi connectivity index (χ1) is 28.2. The maximum atomic E-state index is 6.75. The van der Waals surface area contributed by atoms with E-state index >= 15 is 0 Å². The number of thiophene rings is 1. The lowest BCUT2D eigenvalue weighted by Crippen LogP contribution is -2.33. The topological polar surface area (TPSA) is 54.8 Å². The number of nitrogens with zero attached hydrogens (tertiary/aromatic N) is 3. The van der Waals surface area contributed by atoms with Gasteiger partial charge in [0.1, 0.15) is 17.6 Å². The predicted octanol–water partition coefficient (Wildman–Crippen LogP) is 13.2. The highest BCUT2D eigenvalue weighted by Crippen LogP contribution is 2.43. The molecule has 0 saturated heterocycles. The molecule has 12 rings (SSSR count). The molecule has 11 aromatic rings. The van der Waals surface area contributed by atoms with Crippen LogP contribution in [0.25, 0.3) is 80.7 Å². The van der Waals surface area contributed by atoms with E-state index in [1.807, 2.05) is 35.6 Å². The third-order valence-corrected chi connectivity index (χ3v) is 12.4. The summed E-state index contributed by atoms with van der Waals surface area (Å²) in [7, 11) is 0. The molecular formula is C51H32N4OS. The number of benzene rings is 8. The summed E-state index contributed by atoms with van der Waals surface area (Å²) in [6, 6.07) is 64.3. The van der Waals surface area contributed by atoms with E-state index in [0.717, 1.165) is 66.7 Å². The number of hydrogen-bond acceptors (Lipinski definition) is 5. The smallest absolute Gasteiger partial charge is 0.159 e. The van der Waals surface area contributed by atoms with E-state index in [-0.39, 0.29) is 6.17 Å². The zero-order valence-electron chi connectivity index (χ0n) is 30.6. The molecule has 0 bridgehead atoms. The highest BCUT2D eigenvalue weighted by atomic mass is 32.1. The Bertz CT molecular complexity index is 3390. The van der Waals surface area contributed by atoms with E-state index in [4.69, 9.17) is 14.4 Å². The van der Waals surface area contributed by atoms with Crippen LogP contribution in [0, 0.1) is 0 Å². The summed E-state index contributed by atoms with van der Waals surface area (Å²) in [5.74, 6) is 1.53. The zero-order chi connectivity index (χ0) is 37.5. The number of rotatable bonds is 5. The minimum Gasteiger partial charge on any atom is -0.454 e. The van der Waals surface area contributed by atoms with Crippen molar-refractivity contribution in [1.82, 2.24) is 9.88 Å². The van der Waals surface area contributed by atoms with Crippen LogP contribution >= 0.6 is 11.3 Å². The van der Waals surface area contributed by atoms with E-state index in [2.05, 4.69) is 168 Å². The Labute approximate surface area is 331 Å². The van der Waals surface area contributed by atoms with Gasteiger partial charge in [0, 0.05) is 52.8 Å². The van der Waals surface area contributed by atoms with Crippen LogP contribution in [0.4, 0.5) is 0 Å². The molecule has 1 N–H and O–H groups in total. The van der Waals surface area contributed by atoms with E-state index in [9.17, 15) is 0 Å². The standard InChI is InChI=1S/C51H32N4OS/c1-3-13-31(14-4-1)49-52-50(32-15-5-2-6-16-32)54-51(53-49)34-26-28-45-40(30-34)47-35(19-12-24-46(47)57-45)33-25-27-44-39(29-33)38-20-11-23-43(48(38)56-44)55-41-21-9-7-17-36(41)37-18-8-10-22-42(37)55/h1-30,49H,(H,52,53,54). The van der Waals surface area contributed by atoms with Gasteiger partial charge in [0.2, 0.25) is 0 Å².